The van der Waals surface area contributed by atoms with E-state index in [1.807, 2.05) is 0 Å². The topological polar surface area (TPSA) is 37.3 Å². The fourth-order valence-electron chi connectivity index (χ4n) is 0.592. The largest absolute Gasteiger partial charge is 1.00 e. The third kappa shape index (κ3) is 2.75. The van der Waals surface area contributed by atoms with Crippen LogP contribution in [0.3, 0.4) is 0 Å². The van der Waals surface area contributed by atoms with Crippen molar-refractivity contribution in [1.82, 2.24) is 0 Å². The van der Waals surface area contributed by atoms with Gasteiger partial charge in [-0.3, -0.25) is 0 Å². The number of halogens is 1. The van der Waals surface area contributed by atoms with E-state index in [9.17, 15) is 9.18 Å². The number of benzene rings is 1. The van der Waals surface area contributed by atoms with E-state index in [0.717, 1.165) is 12.1 Å². The third-order valence-corrected chi connectivity index (χ3v) is 1.09. The van der Waals surface area contributed by atoms with Gasteiger partial charge in [-0.1, -0.05) is 0 Å². The third-order valence-electron chi connectivity index (χ3n) is 1.09. The average molecular weight is 148 g/mol. The molecule has 1 N–H and O–H groups in total. The summed E-state index contributed by atoms with van der Waals surface area (Å²) in [5.74, 6) is -1.47. The Labute approximate surface area is 76.7 Å². The molecule has 0 aliphatic rings. The minimum Gasteiger partial charge on any atom is -1.00 e. The van der Waals surface area contributed by atoms with Crippen LogP contribution in [0.5, 0.6) is 0 Å². The Balaban J connectivity index is 0. The molecule has 0 saturated carbocycles. The summed E-state index contributed by atoms with van der Waals surface area (Å²) in [7, 11) is 0. The minimum absolute atomic E-state index is 0. The zero-order valence-corrected chi connectivity index (χ0v) is 6.04. The van der Waals surface area contributed by atoms with E-state index in [4.69, 9.17) is 5.11 Å². The van der Waals surface area contributed by atoms with Crippen LogP contribution in [0.4, 0.5) is 4.39 Å². The molecule has 0 saturated heterocycles. The van der Waals surface area contributed by atoms with Crippen molar-refractivity contribution in [1.29, 1.82) is 0 Å². The van der Waals surface area contributed by atoms with Crippen LogP contribution in [0.15, 0.2) is 24.3 Å². The van der Waals surface area contributed by atoms with Crippen molar-refractivity contribution in [3.05, 3.63) is 35.6 Å². The Morgan fingerprint density at radius 2 is 1.82 bits per heavy atom. The van der Waals surface area contributed by atoms with Crippen LogP contribution < -0.4 is 18.9 Å². The summed E-state index contributed by atoms with van der Waals surface area (Å²) in [5.41, 5.74) is 0.0985. The van der Waals surface area contributed by atoms with E-state index in [-0.39, 0.29) is 25.9 Å². The number of rotatable bonds is 1. The molecule has 1 aromatic carbocycles. The van der Waals surface area contributed by atoms with Gasteiger partial charge in [-0.25, -0.2) is 9.18 Å². The summed E-state index contributed by atoms with van der Waals surface area (Å²) in [6.45, 7) is 0. The quantitative estimate of drug-likeness (QED) is 0.499. The molecule has 0 unspecified atom stereocenters. The van der Waals surface area contributed by atoms with E-state index < -0.39 is 11.8 Å². The summed E-state index contributed by atoms with van der Waals surface area (Å²) < 4.78 is 12.2. The zero-order valence-electron chi connectivity index (χ0n) is 7.04. The van der Waals surface area contributed by atoms with Gasteiger partial charge in [0, 0.05) is 0 Å². The Morgan fingerprint density at radius 1 is 1.36 bits per heavy atom. The van der Waals surface area contributed by atoms with Gasteiger partial charge in [-0.05, 0) is 24.3 Å². The maximum Gasteiger partial charge on any atom is 1.00 e. The van der Waals surface area contributed by atoms with E-state index in [0.29, 0.717) is 0 Å². The van der Waals surface area contributed by atoms with Gasteiger partial charge in [0.2, 0.25) is 0 Å². The van der Waals surface area contributed by atoms with Gasteiger partial charge in [0.1, 0.15) is 5.82 Å². The smallest absolute Gasteiger partial charge is 1.00 e. The number of carboxylic acid groups (broad SMARTS) is 1. The van der Waals surface area contributed by atoms with Crippen molar-refractivity contribution >= 4 is 5.97 Å². The van der Waals surface area contributed by atoms with Gasteiger partial charge in [0.15, 0.2) is 0 Å². The second-order valence-corrected chi connectivity index (χ2v) is 1.81. The molecule has 0 atom stereocenters. The van der Waals surface area contributed by atoms with Crippen molar-refractivity contribution in [2.45, 2.75) is 0 Å². The number of aromatic carboxylic acids is 1. The van der Waals surface area contributed by atoms with Crippen molar-refractivity contribution in [3.8, 4) is 0 Å². The maximum atomic E-state index is 12.2. The van der Waals surface area contributed by atoms with Crippen molar-refractivity contribution in [2.24, 2.45) is 0 Å². The Morgan fingerprint density at radius 3 is 2.18 bits per heavy atom. The van der Waals surface area contributed by atoms with Gasteiger partial charge in [-0.15, -0.1) is 0 Å². The number of hydrogen-bond donors (Lipinski definition) is 1. The molecule has 0 heterocycles. The van der Waals surface area contributed by atoms with Crippen molar-refractivity contribution in [3.63, 3.8) is 0 Å². The monoisotopic (exact) mass is 148 g/mol. The maximum absolute atomic E-state index is 12.2. The molecule has 1 rings (SSSR count). The van der Waals surface area contributed by atoms with Crippen LogP contribution in [0.25, 0.3) is 0 Å². The van der Waals surface area contributed by atoms with Crippen LogP contribution in [-0.4, -0.2) is 11.1 Å². The van der Waals surface area contributed by atoms with Gasteiger partial charge in [0.25, 0.3) is 0 Å². The van der Waals surface area contributed by atoms with E-state index in [1.165, 1.54) is 12.1 Å². The molecule has 0 fully saturated rings. The molecule has 0 aliphatic heterocycles. The molecular weight excluding hydrogens is 142 g/mol. The fraction of sp³-hybridized carbons (Fsp3) is 0. The molecule has 1 aromatic rings. The summed E-state index contributed by atoms with van der Waals surface area (Å²) in [6, 6.07) is 4.67. The molecule has 0 aromatic heterocycles. The zero-order chi connectivity index (χ0) is 7.56. The predicted octanol–water partition coefficient (Wildman–Crippen LogP) is -1.36. The van der Waals surface area contributed by atoms with Gasteiger partial charge >= 0.3 is 24.8 Å². The average Bonchev–Trinajstić information content (AvgIpc) is 1.88. The molecule has 0 spiro atoms. The molecule has 4 heteroatoms. The molecule has 0 bridgehead atoms. The second-order valence-electron chi connectivity index (χ2n) is 1.81. The molecule has 54 valence electrons. The van der Waals surface area contributed by atoms with Crippen LogP contribution in [-0.2, 0) is 0 Å². The summed E-state index contributed by atoms with van der Waals surface area (Å²) in [6.07, 6.45) is 0. The standard InChI is InChI=1S/C7H5FO2.Li.H/c8-6-3-1-5(2-4-6)7(9)10;;/h1-4H,(H,9,10);;/q;+1;-1. The van der Waals surface area contributed by atoms with E-state index in [1.54, 1.807) is 0 Å². The first kappa shape index (κ1) is 10.2. The predicted molar refractivity (Wildman–Crippen MR) is 34.5 cm³/mol. The number of carbonyl (C=O) groups is 1. The molecule has 0 aliphatic carbocycles. The Hall–Kier alpha value is -0.783. The minimum atomic E-state index is -1.04. The van der Waals surface area contributed by atoms with Crippen LogP contribution >= 0.6 is 0 Å². The molecular formula is C7H6FLiO2. The number of carboxylic acids is 1. The van der Waals surface area contributed by atoms with Crippen LogP contribution in [0.2, 0.25) is 0 Å². The summed E-state index contributed by atoms with van der Waals surface area (Å²) in [5, 5.41) is 8.35. The Kier molecular flexibility index (Phi) is 3.87. The van der Waals surface area contributed by atoms with Crippen molar-refractivity contribution < 1.29 is 34.6 Å². The fourth-order valence-corrected chi connectivity index (χ4v) is 0.592. The Bertz CT molecular complexity index is 250. The van der Waals surface area contributed by atoms with E-state index in [2.05, 4.69) is 0 Å². The van der Waals surface area contributed by atoms with E-state index >= 15 is 0 Å². The summed E-state index contributed by atoms with van der Waals surface area (Å²) in [4.78, 5) is 10.2. The SMILES string of the molecule is O=C(O)c1ccc(F)cc1.[H-].[Li+]. The van der Waals surface area contributed by atoms with Crippen LogP contribution in [0.1, 0.15) is 11.8 Å². The van der Waals surface area contributed by atoms with Gasteiger partial charge in [-0.2, -0.15) is 0 Å². The van der Waals surface area contributed by atoms with Crippen LogP contribution in [0, 0.1) is 5.82 Å². The molecule has 0 amide bonds. The number of hydrogen-bond acceptors (Lipinski definition) is 1. The first-order chi connectivity index (χ1) is 4.70. The molecule has 0 radical (unpaired) electrons. The molecule has 2 nitrogen and oxygen atoms in total. The second kappa shape index (κ2) is 4.17. The normalized spacial score (nSPS) is 8.45. The first-order valence-electron chi connectivity index (χ1n) is 2.69. The van der Waals surface area contributed by atoms with Gasteiger partial charge < -0.3 is 6.53 Å². The summed E-state index contributed by atoms with van der Waals surface area (Å²) >= 11 is 0. The van der Waals surface area contributed by atoms with Gasteiger partial charge in [0.05, 0.1) is 5.56 Å². The van der Waals surface area contributed by atoms with Crippen molar-refractivity contribution in [2.75, 3.05) is 0 Å². The first-order valence-corrected chi connectivity index (χ1v) is 2.69. The molecule has 11 heavy (non-hydrogen) atoms.